The molecule has 1 aromatic rings. The lowest BCUT2D eigenvalue weighted by molar-refractivity contribution is -0.122. The third-order valence-corrected chi connectivity index (χ3v) is 3.33. The summed E-state index contributed by atoms with van der Waals surface area (Å²) in [5, 5.41) is 4.99. The van der Waals surface area contributed by atoms with Crippen molar-refractivity contribution in [1.29, 1.82) is 0 Å². The molecule has 0 aromatic heterocycles. The van der Waals surface area contributed by atoms with Crippen molar-refractivity contribution < 1.29 is 19.1 Å². The van der Waals surface area contributed by atoms with Crippen molar-refractivity contribution in [3.8, 4) is 5.75 Å². The molecule has 0 spiro atoms. The average Bonchev–Trinajstić information content (AvgIpc) is 2.98. The standard InChI is InChI=1S/C15H18N2O4/c18-9-11-5-7-13(8-6-11)21-10-14(19)17-15(20)16-12-3-1-2-4-12/h5-9,12H,1-4,10H2,(H2,16,17,19,20). The van der Waals surface area contributed by atoms with Gasteiger partial charge < -0.3 is 10.1 Å². The molecule has 21 heavy (non-hydrogen) atoms. The first-order valence-electron chi connectivity index (χ1n) is 6.96. The van der Waals surface area contributed by atoms with E-state index in [0.717, 1.165) is 32.0 Å². The van der Waals surface area contributed by atoms with Gasteiger partial charge in [-0.1, -0.05) is 12.8 Å². The van der Waals surface area contributed by atoms with Crippen molar-refractivity contribution in [2.45, 2.75) is 31.7 Å². The van der Waals surface area contributed by atoms with Crippen molar-refractivity contribution in [2.24, 2.45) is 0 Å². The largest absolute Gasteiger partial charge is 0.484 e. The van der Waals surface area contributed by atoms with Crippen LogP contribution in [0.3, 0.4) is 0 Å². The Balaban J connectivity index is 1.70. The summed E-state index contributed by atoms with van der Waals surface area (Å²) in [6.07, 6.45) is 4.86. The molecule has 0 heterocycles. The van der Waals surface area contributed by atoms with Gasteiger partial charge in [0.25, 0.3) is 5.91 Å². The van der Waals surface area contributed by atoms with Gasteiger partial charge in [0.2, 0.25) is 0 Å². The molecule has 0 aliphatic heterocycles. The highest BCUT2D eigenvalue weighted by molar-refractivity contribution is 5.95. The number of benzene rings is 1. The molecule has 6 heteroatoms. The fraction of sp³-hybridized carbons (Fsp3) is 0.400. The highest BCUT2D eigenvalue weighted by atomic mass is 16.5. The molecule has 112 valence electrons. The van der Waals surface area contributed by atoms with Crippen LogP contribution in [0.25, 0.3) is 0 Å². The maximum atomic E-state index is 11.6. The van der Waals surface area contributed by atoms with Gasteiger partial charge in [-0.3, -0.25) is 14.9 Å². The summed E-state index contributed by atoms with van der Waals surface area (Å²) < 4.78 is 5.23. The van der Waals surface area contributed by atoms with Gasteiger partial charge in [-0.25, -0.2) is 4.79 Å². The van der Waals surface area contributed by atoms with Crippen LogP contribution in [-0.4, -0.2) is 30.9 Å². The summed E-state index contributed by atoms with van der Waals surface area (Å²) in [4.78, 5) is 33.6. The van der Waals surface area contributed by atoms with Crippen LogP contribution >= 0.6 is 0 Å². The minimum absolute atomic E-state index is 0.162. The Bertz CT molecular complexity index is 507. The van der Waals surface area contributed by atoms with E-state index >= 15 is 0 Å². The number of carbonyl (C=O) groups excluding carboxylic acids is 3. The van der Waals surface area contributed by atoms with Crippen LogP contribution in [0.15, 0.2) is 24.3 Å². The lowest BCUT2D eigenvalue weighted by atomic mass is 10.2. The molecule has 0 saturated heterocycles. The van der Waals surface area contributed by atoms with Crippen LogP contribution < -0.4 is 15.4 Å². The maximum absolute atomic E-state index is 11.6. The summed E-state index contributed by atoms with van der Waals surface area (Å²) in [6.45, 7) is -0.251. The number of imide groups is 1. The van der Waals surface area contributed by atoms with Crippen LogP contribution in [0.2, 0.25) is 0 Å². The van der Waals surface area contributed by atoms with Gasteiger partial charge in [0.05, 0.1) is 0 Å². The molecule has 2 rings (SSSR count). The molecule has 0 bridgehead atoms. The van der Waals surface area contributed by atoms with Gasteiger partial charge in [-0.2, -0.15) is 0 Å². The predicted molar refractivity (Wildman–Crippen MR) is 76.3 cm³/mol. The van der Waals surface area contributed by atoms with Crippen molar-refractivity contribution in [2.75, 3.05) is 6.61 Å². The highest BCUT2D eigenvalue weighted by Gasteiger charge is 2.18. The second kappa shape index (κ2) is 7.42. The van der Waals surface area contributed by atoms with E-state index in [1.165, 1.54) is 0 Å². The first-order chi connectivity index (χ1) is 10.2. The number of ether oxygens (including phenoxy) is 1. The third kappa shape index (κ3) is 4.91. The molecule has 0 radical (unpaired) electrons. The second-order valence-corrected chi connectivity index (χ2v) is 4.98. The molecule has 2 N–H and O–H groups in total. The van der Waals surface area contributed by atoms with Gasteiger partial charge in [-0.15, -0.1) is 0 Å². The van der Waals surface area contributed by atoms with Crippen LogP contribution in [-0.2, 0) is 4.79 Å². The van der Waals surface area contributed by atoms with Crippen LogP contribution in [0.5, 0.6) is 5.75 Å². The quantitative estimate of drug-likeness (QED) is 0.807. The summed E-state index contributed by atoms with van der Waals surface area (Å²) in [7, 11) is 0. The Labute approximate surface area is 122 Å². The lowest BCUT2D eigenvalue weighted by Crippen LogP contribution is -2.45. The minimum atomic E-state index is -0.509. The molecule has 6 nitrogen and oxygen atoms in total. The van der Waals surface area contributed by atoms with Crippen molar-refractivity contribution >= 4 is 18.2 Å². The number of hydrogen-bond acceptors (Lipinski definition) is 4. The normalized spacial score (nSPS) is 14.5. The molecule has 1 fully saturated rings. The Morgan fingerprint density at radius 1 is 1.19 bits per heavy atom. The van der Waals surface area contributed by atoms with Crippen LogP contribution in [0.1, 0.15) is 36.0 Å². The summed E-state index contributed by atoms with van der Waals surface area (Å²) in [5.41, 5.74) is 0.530. The zero-order valence-corrected chi connectivity index (χ0v) is 11.6. The Kier molecular flexibility index (Phi) is 5.31. The first kappa shape index (κ1) is 15.0. The molecule has 1 aliphatic carbocycles. The van der Waals surface area contributed by atoms with Crippen LogP contribution in [0.4, 0.5) is 4.79 Å². The topological polar surface area (TPSA) is 84.5 Å². The Morgan fingerprint density at radius 2 is 1.86 bits per heavy atom. The molecule has 0 unspecified atom stereocenters. The van der Waals surface area contributed by atoms with E-state index in [9.17, 15) is 14.4 Å². The van der Waals surface area contributed by atoms with Gasteiger partial charge in [-0.05, 0) is 37.1 Å². The minimum Gasteiger partial charge on any atom is -0.484 e. The van der Waals surface area contributed by atoms with Gasteiger partial charge in [0, 0.05) is 11.6 Å². The van der Waals surface area contributed by atoms with Crippen molar-refractivity contribution in [3.63, 3.8) is 0 Å². The molecule has 1 aliphatic rings. The molecule has 0 atom stereocenters. The van der Waals surface area contributed by atoms with E-state index in [4.69, 9.17) is 4.74 Å². The SMILES string of the molecule is O=Cc1ccc(OCC(=O)NC(=O)NC2CCCC2)cc1. The first-order valence-corrected chi connectivity index (χ1v) is 6.96. The molecule has 3 amide bonds. The van der Waals surface area contributed by atoms with Crippen LogP contribution in [0, 0.1) is 0 Å². The van der Waals surface area contributed by atoms with E-state index < -0.39 is 11.9 Å². The zero-order valence-electron chi connectivity index (χ0n) is 11.6. The van der Waals surface area contributed by atoms with E-state index in [1.54, 1.807) is 24.3 Å². The van der Waals surface area contributed by atoms with Gasteiger partial charge >= 0.3 is 6.03 Å². The second-order valence-electron chi connectivity index (χ2n) is 4.98. The number of nitrogens with one attached hydrogen (secondary N) is 2. The van der Waals surface area contributed by atoms with E-state index in [2.05, 4.69) is 10.6 Å². The number of rotatable bonds is 5. The molecule has 1 saturated carbocycles. The maximum Gasteiger partial charge on any atom is 0.321 e. The Hall–Kier alpha value is -2.37. The summed E-state index contributed by atoms with van der Waals surface area (Å²) in [6, 6.07) is 6.05. The highest BCUT2D eigenvalue weighted by Crippen LogP contribution is 2.17. The molecular weight excluding hydrogens is 272 g/mol. The van der Waals surface area contributed by atoms with Crippen molar-refractivity contribution in [1.82, 2.24) is 10.6 Å². The van der Waals surface area contributed by atoms with Crippen molar-refractivity contribution in [3.05, 3.63) is 29.8 Å². The summed E-state index contributed by atoms with van der Waals surface area (Å²) >= 11 is 0. The fourth-order valence-electron chi connectivity index (χ4n) is 2.25. The molecular formula is C15H18N2O4. The number of hydrogen-bond donors (Lipinski definition) is 2. The smallest absolute Gasteiger partial charge is 0.321 e. The monoisotopic (exact) mass is 290 g/mol. The Morgan fingerprint density at radius 3 is 2.48 bits per heavy atom. The fourth-order valence-corrected chi connectivity index (χ4v) is 2.25. The number of amides is 3. The van der Waals surface area contributed by atoms with E-state index in [1.807, 2.05) is 0 Å². The zero-order chi connectivity index (χ0) is 15.1. The summed E-state index contributed by atoms with van der Waals surface area (Å²) in [5.74, 6) is -0.0445. The lowest BCUT2D eigenvalue weighted by Gasteiger charge is -2.12. The number of urea groups is 1. The van der Waals surface area contributed by atoms with E-state index in [0.29, 0.717) is 11.3 Å². The number of aldehydes is 1. The average molecular weight is 290 g/mol. The predicted octanol–water partition coefficient (Wildman–Crippen LogP) is 1.65. The third-order valence-electron chi connectivity index (χ3n) is 3.33. The number of carbonyl (C=O) groups is 3. The van der Waals surface area contributed by atoms with E-state index in [-0.39, 0.29) is 12.6 Å². The van der Waals surface area contributed by atoms with Gasteiger partial charge in [0.1, 0.15) is 12.0 Å². The molecule has 1 aromatic carbocycles. The van der Waals surface area contributed by atoms with Gasteiger partial charge in [0.15, 0.2) is 6.61 Å².